The summed E-state index contributed by atoms with van der Waals surface area (Å²) in [5.74, 6) is -0.987. The van der Waals surface area contributed by atoms with Gasteiger partial charge in [-0.05, 0) is 41.9 Å². The third-order valence-electron chi connectivity index (χ3n) is 2.87. The zero-order chi connectivity index (χ0) is 14.4. The molecule has 2 aromatic rings. The Bertz CT molecular complexity index is 572. The van der Waals surface area contributed by atoms with Crippen LogP contribution < -0.4 is 10.1 Å². The Balaban J connectivity index is 1.97. The van der Waals surface area contributed by atoms with Crippen LogP contribution in [0.2, 0.25) is 0 Å². The van der Waals surface area contributed by atoms with Gasteiger partial charge in [0.25, 0.3) is 0 Å². The first-order chi connectivity index (χ1) is 9.69. The molecule has 2 rings (SSSR count). The second-order valence-electron chi connectivity index (χ2n) is 4.46. The lowest BCUT2D eigenvalue weighted by atomic mass is 10.2. The molecule has 0 fully saturated rings. The van der Waals surface area contributed by atoms with Gasteiger partial charge in [0.2, 0.25) is 0 Å². The number of ether oxygens (including phenoxy) is 1. The summed E-state index contributed by atoms with van der Waals surface area (Å²) >= 11 is 0. The Morgan fingerprint density at radius 1 is 1.00 bits per heavy atom. The summed E-state index contributed by atoms with van der Waals surface area (Å²) in [4.78, 5) is 0. The van der Waals surface area contributed by atoms with E-state index in [9.17, 15) is 8.78 Å². The highest BCUT2D eigenvalue weighted by Crippen LogP contribution is 2.16. The van der Waals surface area contributed by atoms with E-state index in [-0.39, 0.29) is 6.61 Å². The van der Waals surface area contributed by atoms with E-state index in [2.05, 4.69) is 5.32 Å². The Morgan fingerprint density at radius 2 is 1.85 bits per heavy atom. The average molecular weight is 277 g/mol. The first-order valence-corrected chi connectivity index (χ1v) is 6.55. The largest absolute Gasteiger partial charge is 0.489 e. The Morgan fingerprint density at radius 3 is 2.60 bits per heavy atom. The van der Waals surface area contributed by atoms with Crippen molar-refractivity contribution in [1.29, 1.82) is 0 Å². The van der Waals surface area contributed by atoms with E-state index in [4.69, 9.17) is 4.74 Å². The maximum atomic E-state index is 13.1. The number of halogens is 2. The molecular formula is C16H17F2NO. The molecule has 2 aromatic carbocycles. The molecular weight excluding hydrogens is 260 g/mol. The van der Waals surface area contributed by atoms with Crippen LogP contribution in [0.4, 0.5) is 8.78 Å². The van der Waals surface area contributed by atoms with Gasteiger partial charge in [-0.15, -0.1) is 0 Å². The lowest BCUT2D eigenvalue weighted by Gasteiger charge is -2.09. The molecule has 0 aliphatic rings. The number of nitrogens with one attached hydrogen (secondary N) is 1. The van der Waals surface area contributed by atoms with Crippen LogP contribution in [0.3, 0.4) is 0 Å². The Kier molecular flexibility index (Phi) is 5.07. The summed E-state index contributed by atoms with van der Waals surface area (Å²) in [5.41, 5.74) is 1.72. The third-order valence-corrected chi connectivity index (χ3v) is 2.87. The standard InChI is InChI=1S/C16H17F2NO/c1-2-19-10-12-4-3-5-14(8-12)20-11-13-6-7-15(17)16(18)9-13/h3-9,19H,2,10-11H2,1H3. The highest BCUT2D eigenvalue weighted by Gasteiger charge is 2.03. The van der Waals surface area contributed by atoms with E-state index in [1.54, 1.807) is 0 Å². The number of hydrogen-bond donors (Lipinski definition) is 1. The normalized spacial score (nSPS) is 10.6. The monoisotopic (exact) mass is 277 g/mol. The average Bonchev–Trinajstić information content (AvgIpc) is 2.47. The van der Waals surface area contributed by atoms with Crippen LogP contribution in [0, 0.1) is 11.6 Å². The molecule has 0 amide bonds. The van der Waals surface area contributed by atoms with E-state index in [1.807, 2.05) is 31.2 Å². The molecule has 0 heterocycles. The fourth-order valence-electron chi connectivity index (χ4n) is 1.81. The number of rotatable bonds is 6. The van der Waals surface area contributed by atoms with Crippen molar-refractivity contribution in [2.45, 2.75) is 20.1 Å². The van der Waals surface area contributed by atoms with Crippen molar-refractivity contribution >= 4 is 0 Å². The Labute approximate surface area is 117 Å². The molecule has 0 unspecified atom stereocenters. The van der Waals surface area contributed by atoms with Crippen molar-refractivity contribution in [2.75, 3.05) is 6.54 Å². The second-order valence-corrected chi connectivity index (χ2v) is 4.46. The minimum Gasteiger partial charge on any atom is -0.489 e. The molecule has 0 aliphatic carbocycles. The van der Waals surface area contributed by atoms with Crippen LogP contribution in [-0.4, -0.2) is 6.54 Å². The quantitative estimate of drug-likeness (QED) is 0.870. The molecule has 106 valence electrons. The van der Waals surface area contributed by atoms with Gasteiger partial charge < -0.3 is 10.1 Å². The molecule has 4 heteroatoms. The van der Waals surface area contributed by atoms with Gasteiger partial charge >= 0.3 is 0 Å². The van der Waals surface area contributed by atoms with Gasteiger partial charge in [-0.25, -0.2) is 8.78 Å². The van der Waals surface area contributed by atoms with Gasteiger partial charge in [0.05, 0.1) is 0 Å². The van der Waals surface area contributed by atoms with E-state index in [0.717, 1.165) is 30.8 Å². The minimum atomic E-state index is -0.855. The van der Waals surface area contributed by atoms with E-state index < -0.39 is 11.6 Å². The van der Waals surface area contributed by atoms with Crippen molar-refractivity contribution in [3.63, 3.8) is 0 Å². The molecule has 0 atom stereocenters. The fraction of sp³-hybridized carbons (Fsp3) is 0.250. The third kappa shape index (κ3) is 4.03. The minimum absolute atomic E-state index is 0.210. The fourth-order valence-corrected chi connectivity index (χ4v) is 1.81. The highest BCUT2D eigenvalue weighted by atomic mass is 19.2. The maximum absolute atomic E-state index is 13.1. The van der Waals surface area contributed by atoms with Crippen LogP contribution >= 0.6 is 0 Å². The van der Waals surface area contributed by atoms with Crippen molar-refractivity contribution in [1.82, 2.24) is 5.32 Å². The van der Waals surface area contributed by atoms with E-state index in [0.29, 0.717) is 11.3 Å². The molecule has 0 saturated carbocycles. The molecule has 1 N–H and O–H groups in total. The molecule has 0 radical (unpaired) electrons. The van der Waals surface area contributed by atoms with Gasteiger partial charge in [-0.1, -0.05) is 25.1 Å². The van der Waals surface area contributed by atoms with Crippen LogP contribution in [0.5, 0.6) is 5.75 Å². The summed E-state index contributed by atoms with van der Waals surface area (Å²) in [6, 6.07) is 11.5. The Hall–Kier alpha value is -1.94. The first-order valence-electron chi connectivity index (χ1n) is 6.55. The zero-order valence-electron chi connectivity index (χ0n) is 11.3. The smallest absolute Gasteiger partial charge is 0.159 e. The number of hydrogen-bond acceptors (Lipinski definition) is 2. The van der Waals surface area contributed by atoms with Crippen molar-refractivity contribution < 1.29 is 13.5 Å². The van der Waals surface area contributed by atoms with Gasteiger partial charge in [0.1, 0.15) is 12.4 Å². The van der Waals surface area contributed by atoms with Crippen LogP contribution in [-0.2, 0) is 13.2 Å². The number of benzene rings is 2. The van der Waals surface area contributed by atoms with Crippen molar-refractivity contribution in [3.05, 3.63) is 65.2 Å². The molecule has 0 aliphatic heterocycles. The SMILES string of the molecule is CCNCc1cccc(OCc2ccc(F)c(F)c2)c1. The van der Waals surface area contributed by atoms with Gasteiger partial charge in [-0.3, -0.25) is 0 Å². The van der Waals surface area contributed by atoms with Crippen LogP contribution in [0.15, 0.2) is 42.5 Å². The summed E-state index contributed by atoms with van der Waals surface area (Å²) in [5, 5.41) is 3.23. The predicted molar refractivity (Wildman–Crippen MR) is 74.5 cm³/mol. The molecule has 2 nitrogen and oxygen atoms in total. The molecule has 0 saturated heterocycles. The van der Waals surface area contributed by atoms with Crippen LogP contribution in [0.25, 0.3) is 0 Å². The lowest BCUT2D eigenvalue weighted by Crippen LogP contribution is -2.11. The zero-order valence-corrected chi connectivity index (χ0v) is 11.3. The summed E-state index contributed by atoms with van der Waals surface area (Å²) < 4.78 is 31.5. The van der Waals surface area contributed by atoms with Gasteiger partial charge in [0, 0.05) is 6.54 Å². The summed E-state index contributed by atoms with van der Waals surface area (Å²) in [6.45, 7) is 3.93. The topological polar surface area (TPSA) is 21.3 Å². The second kappa shape index (κ2) is 7.01. The predicted octanol–water partition coefficient (Wildman–Crippen LogP) is 3.65. The van der Waals surface area contributed by atoms with Crippen molar-refractivity contribution in [2.24, 2.45) is 0 Å². The van der Waals surface area contributed by atoms with Crippen molar-refractivity contribution in [3.8, 4) is 5.75 Å². The van der Waals surface area contributed by atoms with Gasteiger partial charge in [-0.2, -0.15) is 0 Å². The molecule has 0 bridgehead atoms. The van der Waals surface area contributed by atoms with E-state index >= 15 is 0 Å². The first kappa shape index (κ1) is 14.5. The summed E-state index contributed by atoms with van der Waals surface area (Å²) in [6.07, 6.45) is 0. The molecule has 0 aromatic heterocycles. The maximum Gasteiger partial charge on any atom is 0.159 e. The van der Waals surface area contributed by atoms with E-state index in [1.165, 1.54) is 6.07 Å². The lowest BCUT2D eigenvalue weighted by molar-refractivity contribution is 0.304. The summed E-state index contributed by atoms with van der Waals surface area (Å²) in [7, 11) is 0. The highest BCUT2D eigenvalue weighted by molar-refractivity contribution is 5.29. The molecule has 0 spiro atoms. The molecule has 20 heavy (non-hydrogen) atoms. The van der Waals surface area contributed by atoms with Crippen LogP contribution in [0.1, 0.15) is 18.1 Å². The van der Waals surface area contributed by atoms with Gasteiger partial charge in [0.15, 0.2) is 11.6 Å².